The molecule has 5 nitrogen and oxygen atoms in total. The summed E-state index contributed by atoms with van der Waals surface area (Å²) in [4.78, 5) is 11.0. The van der Waals surface area contributed by atoms with Crippen molar-refractivity contribution < 1.29 is 4.42 Å². The lowest BCUT2D eigenvalue weighted by molar-refractivity contribution is 0.670. The molecule has 0 bridgehead atoms. The predicted molar refractivity (Wildman–Crippen MR) is 260 cm³/mol. The van der Waals surface area contributed by atoms with Gasteiger partial charge in [-0.3, -0.25) is 0 Å². The van der Waals surface area contributed by atoms with Crippen LogP contribution in [-0.2, 0) is 0 Å². The van der Waals surface area contributed by atoms with Crippen molar-refractivity contribution in [2.75, 3.05) is 0 Å². The standard InChI is InChI=1S/C58H36N4O/c1-2-17-37(18-3-1)50-36-51(42-20-5-4-19-41(42)48-26-16-27-49-47-25-10-15-32-56(47)63-57(48)49)60-58(59-50)38-33-39(61-52-28-11-6-21-43(52)44-22-7-12-29-53(44)61)35-40(34-38)62-54-30-13-8-23-45(54)46-24-9-14-31-55(46)62/h1-36H. The van der Waals surface area contributed by atoms with Gasteiger partial charge in [-0.2, -0.15) is 0 Å². The van der Waals surface area contributed by atoms with Crippen molar-refractivity contribution in [1.29, 1.82) is 0 Å². The van der Waals surface area contributed by atoms with E-state index in [0.717, 1.165) is 94.6 Å². The van der Waals surface area contributed by atoms with Gasteiger partial charge in [0.2, 0.25) is 0 Å². The van der Waals surface area contributed by atoms with Crippen molar-refractivity contribution in [2.45, 2.75) is 0 Å². The molecule has 0 radical (unpaired) electrons. The van der Waals surface area contributed by atoms with E-state index in [1.54, 1.807) is 0 Å². The average Bonchev–Trinajstić information content (AvgIpc) is 4.02. The molecule has 0 amide bonds. The van der Waals surface area contributed by atoms with Crippen molar-refractivity contribution in [3.8, 4) is 56.4 Å². The van der Waals surface area contributed by atoms with Crippen LogP contribution in [0.5, 0.6) is 0 Å². The minimum atomic E-state index is 0.632. The van der Waals surface area contributed by atoms with E-state index in [1.807, 2.05) is 18.2 Å². The summed E-state index contributed by atoms with van der Waals surface area (Å²) in [5.74, 6) is 0.632. The van der Waals surface area contributed by atoms with Crippen LogP contribution in [0, 0.1) is 0 Å². The Balaban J connectivity index is 1.10. The van der Waals surface area contributed by atoms with E-state index in [2.05, 4.69) is 209 Å². The highest BCUT2D eigenvalue weighted by Crippen LogP contribution is 2.42. The number of furan rings is 1. The summed E-state index contributed by atoms with van der Waals surface area (Å²) in [6.07, 6.45) is 0. The maximum atomic E-state index is 6.60. The molecule has 63 heavy (non-hydrogen) atoms. The summed E-state index contributed by atoms with van der Waals surface area (Å²) < 4.78 is 11.4. The van der Waals surface area contributed by atoms with Crippen molar-refractivity contribution in [2.24, 2.45) is 0 Å². The third-order valence-electron chi connectivity index (χ3n) is 12.5. The first-order valence-corrected chi connectivity index (χ1v) is 21.3. The second kappa shape index (κ2) is 14.0. The summed E-state index contributed by atoms with van der Waals surface area (Å²) in [6, 6.07) is 77.2. The number of rotatable bonds is 6. The highest BCUT2D eigenvalue weighted by molar-refractivity contribution is 6.12. The molecule has 4 heterocycles. The van der Waals surface area contributed by atoms with Crippen LogP contribution in [0.4, 0.5) is 0 Å². The molecular formula is C58H36N4O. The normalized spacial score (nSPS) is 11.8. The Kier molecular flexibility index (Phi) is 7.84. The Hall–Kier alpha value is -8.54. The molecule has 0 saturated heterocycles. The zero-order valence-electron chi connectivity index (χ0n) is 34.0. The van der Waals surface area contributed by atoms with Crippen molar-refractivity contribution in [3.05, 3.63) is 218 Å². The third kappa shape index (κ3) is 5.57. The fourth-order valence-electron chi connectivity index (χ4n) is 9.76. The number of fused-ring (bicyclic) bond motifs is 9. The lowest BCUT2D eigenvalue weighted by Gasteiger charge is -2.17. The largest absolute Gasteiger partial charge is 0.455 e. The highest BCUT2D eigenvalue weighted by atomic mass is 16.3. The van der Waals surface area contributed by atoms with Gasteiger partial charge in [-0.15, -0.1) is 0 Å². The first-order chi connectivity index (χ1) is 31.2. The molecule has 4 aromatic heterocycles. The van der Waals surface area contributed by atoms with Gasteiger partial charge in [-0.05, 0) is 60.2 Å². The number of hydrogen-bond acceptors (Lipinski definition) is 3. The molecule has 0 aliphatic heterocycles. The number of para-hydroxylation sites is 6. The third-order valence-corrected chi connectivity index (χ3v) is 12.5. The van der Waals surface area contributed by atoms with Crippen LogP contribution >= 0.6 is 0 Å². The van der Waals surface area contributed by atoms with E-state index >= 15 is 0 Å². The molecule has 13 rings (SSSR count). The van der Waals surface area contributed by atoms with Crippen LogP contribution in [-0.4, -0.2) is 19.1 Å². The van der Waals surface area contributed by atoms with Crippen molar-refractivity contribution in [1.82, 2.24) is 19.1 Å². The van der Waals surface area contributed by atoms with Gasteiger partial charge in [-0.25, -0.2) is 9.97 Å². The van der Waals surface area contributed by atoms with Crippen LogP contribution in [0.1, 0.15) is 0 Å². The van der Waals surface area contributed by atoms with Crippen LogP contribution in [0.25, 0.3) is 122 Å². The van der Waals surface area contributed by atoms with E-state index in [4.69, 9.17) is 14.4 Å². The second-order valence-corrected chi connectivity index (χ2v) is 16.1. The van der Waals surface area contributed by atoms with Crippen LogP contribution in [0.15, 0.2) is 223 Å². The number of benzene rings is 9. The maximum absolute atomic E-state index is 6.60. The first-order valence-electron chi connectivity index (χ1n) is 21.3. The molecule has 0 aliphatic rings. The molecule has 294 valence electrons. The summed E-state index contributed by atoms with van der Waals surface area (Å²) in [5, 5.41) is 7.01. The highest BCUT2D eigenvalue weighted by Gasteiger charge is 2.21. The van der Waals surface area contributed by atoms with Crippen LogP contribution in [0.3, 0.4) is 0 Å². The number of nitrogens with zero attached hydrogens (tertiary/aromatic N) is 4. The van der Waals surface area contributed by atoms with Gasteiger partial charge in [0.1, 0.15) is 11.2 Å². The van der Waals surface area contributed by atoms with Crippen molar-refractivity contribution >= 4 is 65.6 Å². The molecule has 0 fully saturated rings. The fourth-order valence-corrected chi connectivity index (χ4v) is 9.76. The topological polar surface area (TPSA) is 48.8 Å². The lowest BCUT2D eigenvalue weighted by Crippen LogP contribution is -2.02. The molecule has 13 aromatic rings. The summed E-state index contributed by atoms with van der Waals surface area (Å²) in [5.41, 5.74) is 14.9. The van der Waals surface area contributed by atoms with Crippen LogP contribution < -0.4 is 0 Å². The zero-order valence-corrected chi connectivity index (χ0v) is 34.0. The Morgan fingerprint density at radius 3 is 1.38 bits per heavy atom. The van der Waals surface area contributed by atoms with E-state index < -0.39 is 0 Å². The Bertz CT molecular complexity index is 3690. The molecule has 0 spiro atoms. The van der Waals surface area contributed by atoms with Gasteiger partial charge in [0.15, 0.2) is 5.82 Å². The van der Waals surface area contributed by atoms with Gasteiger partial charge < -0.3 is 13.6 Å². The van der Waals surface area contributed by atoms with E-state index in [1.165, 1.54) is 21.5 Å². The number of hydrogen-bond donors (Lipinski definition) is 0. The monoisotopic (exact) mass is 804 g/mol. The van der Waals surface area contributed by atoms with E-state index in [0.29, 0.717) is 5.82 Å². The molecule has 0 N–H and O–H groups in total. The van der Waals surface area contributed by atoms with Gasteiger partial charge in [0.25, 0.3) is 0 Å². The zero-order chi connectivity index (χ0) is 41.4. The summed E-state index contributed by atoms with van der Waals surface area (Å²) in [7, 11) is 0. The SMILES string of the molecule is c1ccc(-c2cc(-c3ccccc3-c3cccc4c3oc3ccccc34)nc(-c3cc(-n4c5ccccc5c5ccccc54)cc(-n4c5ccccc5c5ccccc54)c3)n2)cc1. The fraction of sp³-hybridized carbons (Fsp3) is 0. The molecule has 0 atom stereocenters. The minimum Gasteiger partial charge on any atom is -0.455 e. The molecule has 5 heteroatoms. The van der Waals surface area contributed by atoms with Gasteiger partial charge in [0, 0.05) is 65.9 Å². The van der Waals surface area contributed by atoms with Gasteiger partial charge in [0.05, 0.1) is 33.5 Å². The Labute approximate surface area is 362 Å². The smallest absolute Gasteiger partial charge is 0.160 e. The first kappa shape index (κ1) is 35.2. The van der Waals surface area contributed by atoms with E-state index in [9.17, 15) is 0 Å². The Morgan fingerprint density at radius 1 is 0.317 bits per heavy atom. The molecule has 9 aromatic carbocycles. The quantitative estimate of drug-likeness (QED) is 0.168. The lowest BCUT2D eigenvalue weighted by atomic mass is 9.95. The summed E-state index contributed by atoms with van der Waals surface area (Å²) in [6.45, 7) is 0. The summed E-state index contributed by atoms with van der Waals surface area (Å²) >= 11 is 0. The minimum absolute atomic E-state index is 0.632. The molecule has 0 aliphatic carbocycles. The second-order valence-electron chi connectivity index (χ2n) is 16.1. The molecule has 0 saturated carbocycles. The molecular weight excluding hydrogens is 769 g/mol. The number of aromatic nitrogens is 4. The van der Waals surface area contributed by atoms with Crippen molar-refractivity contribution in [3.63, 3.8) is 0 Å². The maximum Gasteiger partial charge on any atom is 0.160 e. The van der Waals surface area contributed by atoms with Gasteiger partial charge in [-0.1, -0.05) is 164 Å². The average molecular weight is 805 g/mol. The van der Waals surface area contributed by atoms with Gasteiger partial charge >= 0.3 is 0 Å². The van der Waals surface area contributed by atoms with Crippen LogP contribution in [0.2, 0.25) is 0 Å². The predicted octanol–water partition coefficient (Wildman–Crippen LogP) is 15.2. The Morgan fingerprint density at radius 2 is 0.778 bits per heavy atom. The van der Waals surface area contributed by atoms with E-state index in [-0.39, 0.29) is 0 Å². The molecule has 0 unspecified atom stereocenters.